The molecule has 5 nitrogen and oxygen atoms in total. The molecule has 2 N–H and O–H groups in total. The van der Waals surface area contributed by atoms with Crippen molar-refractivity contribution in [3.05, 3.63) is 35.4 Å². The van der Waals surface area contributed by atoms with Crippen LogP contribution in [0.5, 0.6) is 0 Å². The van der Waals surface area contributed by atoms with Crippen LogP contribution in [0.2, 0.25) is 0 Å². The average Bonchev–Trinajstić information content (AvgIpc) is 2.55. The Morgan fingerprint density at radius 3 is 2.24 bits per heavy atom. The molecule has 2 amide bonds. The van der Waals surface area contributed by atoms with Crippen LogP contribution in [0.15, 0.2) is 24.3 Å². The van der Waals surface area contributed by atoms with Gasteiger partial charge in [0.15, 0.2) is 6.54 Å². The summed E-state index contributed by atoms with van der Waals surface area (Å²) in [6.45, 7) is 11.7. The van der Waals surface area contributed by atoms with Crippen molar-refractivity contribution in [3.8, 4) is 0 Å². The molecule has 1 aliphatic heterocycles. The molecule has 1 aromatic rings. The molecule has 0 unspecified atom stereocenters. The highest BCUT2D eigenvalue weighted by atomic mass is 16.2. The van der Waals surface area contributed by atoms with Crippen molar-refractivity contribution >= 4 is 11.8 Å². The molecule has 1 aliphatic rings. The van der Waals surface area contributed by atoms with Crippen molar-refractivity contribution in [1.82, 2.24) is 10.2 Å². The number of nitrogens with one attached hydrogen (secondary N) is 2. The topological polar surface area (TPSA) is 53.9 Å². The van der Waals surface area contributed by atoms with Crippen molar-refractivity contribution in [3.63, 3.8) is 0 Å². The predicted molar refractivity (Wildman–Crippen MR) is 99.4 cm³/mol. The van der Waals surface area contributed by atoms with E-state index in [4.69, 9.17) is 0 Å². The first-order valence-electron chi connectivity index (χ1n) is 9.32. The number of benzene rings is 1. The average molecular weight is 346 g/mol. The lowest BCUT2D eigenvalue weighted by Gasteiger charge is -2.31. The Kier molecular flexibility index (Phi) is 7.00. The van der Waals surface area contributed by atoms with Crippen LogP contribution in [0.4, 0.5) is 0 Å². The second kappa shape index (κ2) is 8.99. The Bertz CT molecular complexity index is 575. The molecule has 138 valence electrons. The van der Waals surface area contributed by atoms with E-state index in [0.29, 0.717) is 12.5 Å². The fourth-order valence-electron chi connectivity index (χ4n) is 3.33. The quantitative estimate of drug-likeness (QED) is 0.801. The highest BCUT2D eigenvalue weighted by Gasteiger charge is 2.23. The number of hydrogen-bond donors (Lipinski definition) is 2. The molecular formula is C20H32N3O2+. The zero-order chi connectivity index (χ0) is 18.4. The normalized spacial score (nSPS) is 16.8. The van der Waals surface area contributed by atoms with E-state index >= 15 is 0 Å². The van der Waals surface area contributed by atoms with Gasteiger partial charge in [-0.05, 0) is 30.4 Å². The Morgan fingerprint density at radius 2 is 1.72 bits per heavy atom. The minimum Gasteiger partial charge on any atom is -0.345 e. The molecule has 1 aromatic carbocycles. The van der Waals surface area contributed by atoms with E-state index in [-0.39, 0.29) is 17.9 Å². The molecule has 0 spiro atoms. The molecule has 0 bridgehead atoms. The van der Waals surface area contributed by atoms with Gasteiger partial charge >= 0.3 is 0 Å². The third-order valence-electron chi connectivity index (χ3n) is 4.83. The summed E-state index contributed by atoms with van der Waals surface area (Å²) in [5.74, 6) is 0.845. The van der Waals surface area contributed by atoms with Crippen molar-refractivity contribution in [2.75, 3.05) is 32.7 Å². The monoisotopic (exact) mass is 346 g/mol. The minimum atomic E-state index is 0.0125. The molecule has 2 rings (SSSR count). The number of piperazine rings is 1. The zero-order valence-corrected chi connectivity index (χ0v) is 16.0. The van der Waals surface area contributed by atoms with E-state index in [0.717, 1.165) is 38.2 Å². The molecule has 0 aromatic heterocycles. The van der Waals surface area contributed by atoms with Crippen LogP contribution in [0.25, 0.3) is 0 Å². The second-order valence-electron chi connectivity index (χ2n) is 7.56. The SMILES string of the molecule is CC(=O)N1CC[NH+](CC(=O)N[C@H](C)c2ccc(CC(C)C)cc2)CC1. The van der Waals surface area contributed by atoms with E-state index in [1.807, 2.05) is 11.8 Å². The first-order chi connectivity index (χ1) is 11.8. The Hall–Kier alpha value is -1.88. The van der Waals surface area contributed by atoms with E-state index in [1.165, 1.54) is 10.5 Å². The van der Waals surface area contributed by atoms with E-state index in [9.17, 15) is 9.59 Å². The van der Waals surface area contributed by atoms with Crippen molar-refractivity contribution < 1.29 is 14.5 Å². The van der Waals surface area contributed by atoms with Gasteiger partial charge in [0, 0.05) is 6.92 Å². The summed E-state index contributed by atoms with van der Waals surface area (Å²) in [6, 6.07) is 8.55. The van der Waals surface area contributed by atoms with E-state index < -0.39 is 0 Å². The zero-order valence-electron chi connectivity index (χ0n) is 16.0. The van der Waals surface area contributed by atoms with Gasteiger partial charge in [-0.3, -0.25) is 9.59 Å². The van der Waals surface area contributed by atoms with E-state index in [2.05, 4.69) is 43.4 Å². The summed E-state index contributed by atoms with van der Waals surface area (Å²) in [6.07, 6.45) is 1.08. The van der Waals surface area contributed by atoms with Gasteiger partial charge in [0.05, 0.1) is 32.2 Å². The highest BCUT2D eigenvalue weighted by Crippen LogP contribution is 2.15. The Morgan fingerprint density at radius 1 is 1.12 bits per heavy atom. The van der Waals surface area contributed by atoms with Gasteiger partial charge in [-0.25, -0.2) is 0 Å². The van der Waals surface area contributed by atoms with E-state index in [1.54, 1.807) is 6.92 Å². The van der Waals surface area contributed by atoms with Crippen LogP contribution in [-0.2, 0) is 16.0 Å². The number of carbonyl (C=O) groups excluding carboxylic acids is 2. The summed E-state index contributed by atoms with van der Waals surface area (Å²) in [5.41, 5.74) is 2.47. The summed E-state index contributed by atoms with van der Waals surface area (Å²) in [4.78, 5) is 26.8. The van der Waals surface area contributed by atoms with Gasteiger partial charge in [-0.15, -0.1) is 0 Å². The summed E-state index contributed by atoms with van der Waals surface area (Å²) in [5, 5.41) is 3.10. The van der Waals surface area contributed by atoms with Crippen LogP contribution >= 0.6 is 0 Å². The molecule has 0 saturated carbocycles. The molecule has 1 heterocycles. The number of nitrogens with zero attached hydrogens (tertiary/aromatic N) is 1. The molecule has 0 aliphatic carbocycles. The van der Waals surface area contributed by atoms with Gasteiger partial charge in [0.2, 0.25) is 5.91 Å². The Labute approximate surface area is 151 Å². The number of quaternary nitrogens is 1. The van der Waals surface area contributed by atoms with Crippen molar-refractivity contribution in [2.24, 2.45) is 5.92 Å². The fourth-order valence-corrected chi connectivity index (χ4v) is 3.33. The summed E-state index contributed by atoms with van der Waals surface area (Å²) >= 11 is 0. The molecule has 25 heavy (non-hydrogen) atoms. The lowest BCUT2D eigenvalue weighted by molar-refractivity contribution is -0.896. The maximum absolute atomic E-state index is 12.3. The highest BCUT2D eigenvalue weighted by molar-refractivity contribution is 5.77. The summed E-state index contributed by atoms with van der Waals surface area (Å²) < 4.78 is 0. The number of rotatable bonds is 6. The second-order valence-corrected chi connectivity index (χ2v) is 7.56. The first-order valence-corrected chi connectivity index (χ1v) is 9.32. The maximum Gasteiger partial charge on any atom is 0.275 e. The molecule has 0 radical (unpaired) electrons. The van der Waals surface area contributed by atoms with Crippen LogP contribution in [-0.4, -0.2) is 49.4 Å². The molecule has 1 saturated heterocycles. The molecule has 5 heteroatoms. The lowest BCUT2D eigenvalue weighted by Crippen LogP contribution is -3.15. The van der Waals surface area contributed by atoms with Gasteiger partial charge in [-0.1, -0.05) is 38.1 Å². The van der Waals surface area contributed by atoms with Gasteiger partial charge < -0.3 is 15.1 Å². The number of hydrogen-bond acceptors (Lipinski definition) is 2. The van der Waals surface area contributed by atoms with Gasteiger partial charge in [0.1, 0.15) is 0 Å². The van der Waals surface area contributed by atoms with Crippen LogP contribution < -0.4 is 10.2 Å². The van der Waals surface area contributed by atoms with Gasteiger partial charge in [-0.2, -0.15) is 0 Å². The maximum atomic E-state index is 12.3. The summed E-state index contributed by atoms with van der Waals surface area (Å²) in [7, 11) is 0. The molecule has 1 fully saturated rings. The standard InChI is InChI=1S/C20H31N3O2/c1-15(2)13-18-5-7-19(8-6-18)16(3)21-20(25)14-22-9-11-23(12-10-22)17(4)24/h5-8,15-16H,9-14H2,1-4H3,(H,21,25)/p+1/t16-/m1/s1. The number of carbonyl (C=O) groups is 2. The minimum absolute atomic E-state index is 0.0125. The first kappa shape index (κ1) is 19.4. The lowest BCUT2D eigenvalue weighted by atomic mass is 10.00. The van der Waals surface area contributed by atoms with Crippen LogP contribution in [0, 0.1) is 5.92 Å². The smallest absolute Gasteiger partial charge is 0.275 e. The van der Waals surface area contributed by atoms with Crippen LogP contribution in [0.1, 0.15) is 44.9 Å². The predicted octanol–water partition coefficient (Wildman–Crippen LogP) is 0.809. The molecular weight excluding hydrogens is 314 g/mol. The number of amides is 2. The Balaban J connectivity index is 1.79. The molecule has 1 atom stereocenters. The van der Waals surface area contributed by atoms with Gasteiger partial charge in [0.25, 0.3) is 5.91 Å². The third-order valence-corrected chi connectivity index (χ3v) is 4.83. The fraction of sp³-hybridized carbons (Fsp3) is 0.600. The van der Waals surface area contributed by atoms with Crippen molar-refractivity contribution in [1.29, 1.82) is 0 Å². The van der Waals surface area contributed by atoms with Crippen LogP contribution in [0.3, 0.4) is 0 Å². The largest absolute Gasteiger partial charge is 0.345 e. The van der Waals surface area contributed by atoms with Crippen molar-refractivity contribution in [2.45, 2.75) is 40.2 Å². The third kappa shape index (κ3) is 6.16.